The molecular formula is C20H22O3. The zero-order valence-electron chi connectivity index (χ0n) is 13.9. The Morgan fingerprint density at radius 1 is 1.17 bits per heavy atom. The van der Waals surface area contributed by atoms with Crippen LogP contribution >= 0.6 is 0 Å². The number of allylic oxidation sites excluding steroid dienone is 3. The van der Waals surface area contributed by atoms with Crippen molar-refractivity contribution in [2.75, 3.05) is 0 Å². The molecule has 0 amide bonds. The summed E-state index contributed by atoms with van der Waals surface area (Å²) in [6.07, 6.45) is 5.67. The van der Waals surface area contributed by atoms with Gasteiger partial charge >= 0.3 is 5.97 Å². The standard InChI is InChI=1S/C20H22O3/c1-20(2,3)23-19(22)15-9-8-13-10-14-6-4-5-7-17(14)18(21)12-16(13)11-15/h4-9,15H,10-12H2,1-3H3. The minimum atomic E-state index is -0.491. The maximum atomic E-state index is 12.5. The molecule has 0 N–H and O–H groups in total. The SMILES string of the molecule is CC(C)(C)OC(=O)C1C=CC2=C(CC(=O)c3ccccc3C2)C1. The molecular weight excluding hydrogens is 288 g/mol. The average molecular weight is 310 g/mol. The fraction of sp³-hybridized carbons (Fsp3) is 0.400. The number of fused-ring (bicyclic) bond motifs is 1. The maximum absolute atomic E-state index is 12.5. The van der Waals surface area contributed by atoms with E-state index in [1.165, 1.54) is 5.57 Å². The van der Waals surface area contributed by atoms with Crippen molar-refractivity contribution < 1.29 is 14.3 Å². The van der Waals surface area contributed by atoms with Crippen LogP contribution in [-0.4, -0.2) is 17.4 Å². The zero-order chi connectivity index (χ0) is 16.6. The summed E-state index contributed by atoms with van der Waals surface area (Å²) in [5.74, 6) is -0.361. The van der Waals surface area contributed by atoms with Gasteiger partial charge in [-0.25, -0.2) is 0 Å². The Hall–Kier alpha value is -2.16. The fourth-order valence-electron chi connectivity index (χ4n) is 3.16. The Labute approximate surface area is 137 Å². The molecule has 0 fully saturated rings. The van der Waals surface area contributed by atoms with E-state index in [1.54, 1.807) is 0 Å². The first-order chi connectivity index (χ1) is 10.8. The van der Waals surface area contributed by atoms with Crippen LogP contribution in [0.4, 0.5) is 0 Å². The number of ether oxygens (including phenoxy) is 1. The summed E-state index contributed by atoms with van der Waals surface area (Å²) < 4.78 is 5.48. The molecule has 3 nitrogen and oxygen atoms in total. The summed E-state index contributed by atoms with van der Waals surface area (Å²) >= 11 is 0. The highest BCUT2D eigenvalue weighted by molar-refractivity contribution is 6.00. The molecule has 0 aliphatic heterocycles. The third-order valence-corrected chi connectivity index (χ3v) is 4.23. The lowest BCUT2D eigenvalue weighted by Crippen LogP contribution is -2.29. The number of hydrogen-bond donors (Lipinski definition) is 0. The monoisotopic (exact) mass is 310 g/mol. The van der Waals surface area contributed by atoms with Crippen molar-refractivity contribution in [3.8, 4) is 0 Å². The molecule has 2 aliphatic carbocycles. The van der Waals surface area contributed by atoms with Gasteiger partial charge in [0.1, 0.15) is 5.60 Å². The summed E-state index contributed by atoms with van der Waals surface area (Å²) in [6.45, 7) is 5.61. The molecule has 3 heteroatoms. The lowest BCUT2D eigenvalue weighted by atomic mass is 9.86. The van der Waals surface area contributed by atoms with E-state index in [0.717, 1.165) is 23.1 Å². The van der Waals surface area contributed by atoms with Crippen molar-refractivity contribution >= 4 is 11.8 Å². The second-order valence-electron chi connectivity index (χ2n) is 7.27. The fourth-order valence-corrected chi connectivity index (χ4v) is 3.16. The number of carbonyl (C=O) groups excluding carboxylic acids is 2. The van der Waals surface area contributed by atoms with Gasteiger partial charge in [0.15, 0.2) is 5.78 Å². The van der Waals surface area contributed by atoms with Crippen LogP contribution in [0.15, 0.2) is 47.6 Å². The van der Waals surface area contributed by atoms with E-state index in [2.05, 4.69) is 0 Å². The number of Topliss-reactive ketones (excluding diaryl/α,β-unsaturated/α-hetero) is 1. The van der Waals surface area contributed by atoms with Crippen molar-refractivity contribution in [1.82, 2.24) is 0 Å². The molecule has 2 aliphatic rings. The number of hydrogen-bond acceptors (Lipinski definition) is 3. The molecule has 1 atom stereocenters. The number of carbonyl (C=O) groups is 2. The van der Waals surface area contributed by atoms with Crippen LogP contribution in [0.3, 0.4) is 0 Å². The molecule has 0 saturated carbocycles. The number of ketones is 1. The van der Waals surface area contributed by atoms with Crippen LogP contribution in [-0.2, 0) is 16.0 Å². The van der Waals surface area contributed by atoms with E-state index < -0.39 is 5.60 Å². The molecule has 3 rings (SSSR count). The predicted octanol–water partition coefficient (Wildman–Crippen LogP) is 4.03. The lowest BCUT2D eigenvalue weighted by molar-refractivity contribution is -0.158. The zero-order valence-corrected chi connectivity index (χ0v) is 13.9. The van der Waals surface area contributed by atoms with E-state index in [4.69, 9.17) is 4.74 Å². The van der Waals surface area contributed by atoms with Crippen LogP contribution in [0.1, 0.15) is 49.5 Å². The normalized spacial score (nSPS) is 20.7. The molecule has 1 aromatic rings. The highest BCUT2D eigenvalue weighted by atomic mass is 16.6. The molecule has 1 unspecified atom stereocenters. The highest BCUT2D eigenvalue weighted by Gasteiger charge is 2.29. The molecule has 120 valence electrons. The van der Waals surface area contributed by atoms with Gasteiger partial charge in [0.25, 0.3) is 0 Å². The van der Waals surface area contributed by atoms with E-state index in [0.29, 0.717) is 12.8 Å². The van der Waals surface area contributed by atoms with Crippen molar-refractivity contribution in [3.05, 3.63) is 58.7 Å². The van der Waals surface area contributed by atoms with Gasteiger partial charge in [-0.15, -0.1) is 0 Å². The molecule has 0 heterocycles. The van der Waals surface area contributed by atoms with Crippen molar-refractivity contribution in [2.24, 2.45) is 5.92 Å². The van der Waals surface area contributed by atoms with Crippen LogP contribution in [0.25, 0.3) is 0 Å². The summed E-state index contributed by atoms with van der Waals surface area (Å²) in [5, 5.41) is 0. The number of benzene rings is 1. The maximum Gasteiger partial charge on any atom is 0.313 e. The van der Waals surface area contributed by atoms with Gasteiger partial charge in [-0.05, 0) is 44.7 Å². The van der Waals surface area contributed by atoms with Crippen LogP contribution in [0.2, 0.25) is 0 Å². The topological polar surface area (TPSA) is 43.4 Å². The molecule has 0 spiro atoms. The second kappa shape index (κ2) is 5.80. The third kappa shape index (κ3) is 3.44. The molecule has 0 radical (unpaired) electrons. The minimum absolute atomic E-state index is 0.142. The summed E-state index contributed by atoms with van der Waals surface area (Å²) in [4.78, 5) is 24.8. The summed E-state index contributed by atoms with van der Waals surface area (Å²) in [6, 6.07) is 7.77. The predicted molar refractivity (Wildman–Crippen MR) is 89.2 cm³/mol. The Balaban J connectivity index is 1.81. The van der Waals surface area contributed by atoms with Crippen molar-refractivity contribution in [2.45, 2.75) is 45.6 Å². The summed E-state index contributed by atoms with van der Waals surface area (Å²) in [7, 11) is 0. The average Bonchev–Trinajstić information content (AvgIpc) is 2.61. The second-order valence-corrected chi connectivity index (χ2v) is 7.27. The quantitative estimate of drug-likeness (QED) is 0.736. The first-order valence-electron chi connectivity index (χ1n) is 8.06. The molecule has 23 heavy (non-hydrogen) atoms. The van der Waals surface area contributed by atoms with E-state index in [9.17, 15) is 9.59 Å². The number of esters is 1. The summed E-state index contributed by atoms with van der Waals surface area (Å²) in [5.41, 5.74) is 3.63. The smallest absolute Gasteiger partial charge is 0.313 e. The van der Waals surface area contributed by atoms with Crippen molar-refractivity contribution in [3.63, 3.8) is 0 Å². The van der Waals surface area contributed by atoms with E-state index in [1.807, 2.05) is 57.2 Å². The van der Waals surface area contributed by atoms with Gasteiger partial charge in [-0.3, -0.25) is 9.59 Å². The molecule has 0 saturated heterocycles. The number of rotatable bonds is 1. The largest absolute Gasteiger partial charge is 0.460 e. The van der Waals surface area contributed by atoms with E-state index in [-0.39, 0.29) is 17.7 Å². The Bertz CT molecular complexity index is 717. The van der Waals surface area contributed by atoms with Gasteiger partial charge in [-0.1, -0.05) is 42.0 Å². The Morgan fingerprint density at radius 3 is 2.65 bits per heavy atom. The molecule has 0 aromatic heterocycles. The van der Waals surface area contributed by atoms with Crippen LogP contribution in [0, 0.1) is 5.92 Å². The van der Waals surface area contributed by atoms with Crippen molar-refractivity contribution in [1.29, 1.82) is 0 Å². The minimum Gasteiger partial charge on any atom is -0.460 e. The van der Waals surface area contributed by atoms with Gasteiger partial charge in [0.05, 0.1) is 5.92 Å². The molecule has 0 bridgehead atoms. The Kier molecular flexibility index (Phi) is 3.97. The van der Waals surface area contributed by atoms with Crippen LogP contribution < -0.4 is 0 Å². The Morgan fingerprint density at radius 2 is 1.91 bits per heavy atom. The highest BCUT2D eigenvalue weighted by Crippen LogP contribution is 2.34. The van der Waals surface area contributed by atoms with Crippen LogP contribution in [0.5, 0.6) is 0 Å². The lowest BCUT2D eigenvalue weighted by Gasteiger charge is -2.25. The first kappa shape index (κ1) is 15.7. The third-order valence-electron chi connectivity index (χ3n) is 4.23. The first-order valence-corrected chi connectivity index (χ1v) is 8.06. The van der Waals surface area contributed by atoms with E-state index >= 15 is 0 Å². The van der Waals surface area contributed by atoms with Gasteiger partial charge in [0.2, 0.25) is 0 Å². The van der Waals surface area contributed by atoms with Gasteiger partial charge in [-0.2, -0.15) is 0 Å². The van der Waals surface area contributed by atoms with Gasteiger partial charge < -0.3 is 4.74 Å². The molecule has 1 aromatic carbocycles. The van der Waals surface area contributed by atoms with Gasteiger partial charge in [0, 0.05) is 12.0 Å².